The van der Waals surface area contributed by atoms with E-state index in [1.165, 1.54) is 23.4 Å². The molecule has 0 bridgehead atoms. The van der Waals surface area contributed by atoms with Gasteiger partial charge in [-0.3, -0.25) is 4.79 Å². The molecule has 0 atom stereocenters. The zero-order valence-corrected chi connectivity index (χ0v) is 14.6. The molecule has 4 N–H and O–H groups in total. The number of hydrogen-bond donors (Lipinski definition) is 3. The molecule has 0 radical (unpaired) electrons. The summed E-state index contributed by atoms with van der Waals surface area (Å²) >= 11 is 6.02. The first kappa shape index (κ1) is 18.4. The van der Waals surface area contributed by atoms with Gasteiger partial charge in [-0.25, -0.2) is 0 Å². The maximum absolute atomic E-state index is 12.2. The molecule has 0 heterocycles. The summed E-state index contributed by atoms with van der Waals surface area (Å²) in [5.74, 6) is -0.530. The number of amides is 1. The van der Waals surface area contributed by atoms with Crippen LogP contribution in [0.5, 0.6) is 0 Å². The van der Waals surface area contributed by atoms with E-state index < -0.39 is 5.91 Å². The molecule has 128 valence electrons. The summed E-state index contributed by atoms with van der Waals surface area (Å²) < 4.78 is 0. The van der Waals surface area contributed by atoms with Crippen LogP contribution in [0.3, 0.4) is 0 Å². The van der Waals surface area contributed by atoms with Crippen molar-refractivity contribution in [3.05, 3.63) is 70.4 Å². The fourth-order valence-corrected chi connectivity index (χ4v) is 2.47. The van der Waals surface area contributed by atoms with Gasteiger partial charge in [0.25, 0.3) is 5.91 Å². The van der Waals surface area contributed by atoms with E-state index in [9.17, 15) is 4.79 Å². The van der Waals surface area contributed by atoms with Gasteiger partial charge < -0.3 is 16.4 Å². The molecule has 25 heavy (non-hydrogen) atoms. The molecule has 2 rings (SSSR count). The van der Waals surface area contributed by atoms with Crippen molar-refractivity contribution in [1.29, 1.82) is 5.26 Å². The predicted octanol–water partition coefficient (Wildman–Crippen LogP) is 3.41. The standard InChI is InChI=1S/C19H19ClN4O/c1-13-3-2-4-14(9-13)7-8-23-12-15(11-21)19(25)24-18-6-5-16(22)10-17(18)20/h2-6,9-10,12,23H,7-8,22H2,1H3,(H,24,25)/b15-12-. The Kier molecular flexibility index (Phi) is 6.44. The molecular formula is C19H19ClN4O. The Morgan fingerprint density at radius 3 is 2.80 bits per heavy atom. The molecule has 1 amide bonds. The van der Waals surface area contributed by atoms with Crippen molar-refractivity contribution in [3.63, 3.8) is 0 Å². The summed E-state index contributed by atoms with van der Waals surface area (Å²) in [6.45, 7) is 2.65. The molecule has 0 saturated heterocycles. The second-order valence-corrected chi connectivity index (χ2v) is 5.96. The lowest BCUT2D eigenvalue weighted by atomic mass is 10.1. The molecule has 0 aliphatic heterocycles. The maximum Gasteiger partial charge on any atom is 0.267 e. The van der Waals surface area contributed by atoms with E-state index in [1.807, 2.05) is 31.2 Å². The second-order valence-electron chi connectivity index (χ2n) is 5.56. The molecular weight excluding hydrogens is 336 g/mol. The minimum absolute atomic E-state index is 0.0304. The van der Waals surface area contributed by atoms with Gasteiger partial charge in [-0.2, -0.15) is 5.26 Å². The molecule has 0 unspecified atom stereocenters. The number of carbonyl (C=O) groups excluding carboxylic acids is 1. The zero-order valence-electron chi connectivity index (χ0n) is 13.8. The molecule has 6 heteroatoms. The van der Waals surface area contributed by atoms with Crippen LogP contribution in [0.4, 0.5) is 11.4 Å². The zero-order chi connectivity index (χ0) is 18.2. The summed E-state index contributed by atoms with van der Waals surface area (Å²) in [6.07, 6.45) is 2.21. The number of hydrogen-bond acceptors (Lipinski definition) is 4. The number of nitrogen functional groups attached to an aromatic ring is 1. The van der Waals surface area contributed by atoms with Crippen molar-refractivity contribution >= 4 is 28.9 Å². The number of benzene rings is 2. The van der Waals surface area contributed by atoms with Crippen LogP contribution >= 0.6 is 11.6 Å². The largest absolute Gasteiger partial charge is 0.399 e. The van der Waals surface area contributed by atoms with Crippen LogP contribution in [-0.2, 0) is 11.2 Å². The number of nitrogens with one attached hydrogen (secondary N) is 2. The Labute approximate surface area is 152 Å². The van der Waals surface area contributed by atoms with Crippen molar-refractivity contribution < 1.29 is 4.79 Å². The molecule has 5 nitrogen and oxygen atoms in total. The minimum Gasteiger partial charge on any atom is -0.399 e. The number of nitriles is 1. The van der Waals surface area contributed by atoms with Crippen LogP contribution in [0.2, 0.25) is 5.02 Å². The SMILES string of the molecule is Cc1cccc(CCN/C=C(/C#N)C(=O)Nc2ccc(N)cc2Cl)c1. The van der Waals surface area contributed by atoms with Crippen molar-refractivity contribution in [2.24, 2.45) is 0 Å². The van der Waals surface area contributed by atoms with E-state index in [2.05, 4.69) is 16.7 Å². The van der Waals surface area contributed by atoms with Crippen LogP contribution in [0.25, 0.3) is 0 Å². The molecule has 0 fully saturated rings. The first-order valence-electron chi connectivity index (χ1n) is 7.75. The van der Waals surface area contributed by atoms with Crippen LogP contribution < -0.4 is 16.4 Å². The molecule has 2 aromatic carbocycles. The average molecular weight is 355 g/mol. The highest BCUT2D eigenvalue weighted by Gasteiger charge is 2.11. The van der Waals surface area contributed by atoms with Crippen LogP contribution in [0, 0.1) is 18.3 Å². The Hall–Kier alpha value is -2.97. The van der Waals surface area contributed by atoms with E-state index in [-0.39, 0.29) is 5.57 Å². The molecule has 0 spiro atoms. The van der Waals surface area contributed by atoms with Crippen LogP contribution in [0.15, 0.2) is 54.2 Å². The summed E-state index contributed by atoms with van der Waals surface area (Å²) in [6, 6.07) is 14.8. The third-order valence-electron chi connectivity index (χ3n) is 3.49. The number of halogens is 1. The predicted molar refractivity (Wildman–Crippen MR) is 101 cm³/mol. The Morgan fingerprint density at radius 2 is 2.12 bits per heavy atom. The lowest BCUT2D eigenvalue weighted by Crippen LogP contribution is -2.18. The van der Waals surface area contributed by atoms with Gasteiger partial charge in [-0.1, -0.05) is 41.4 Å². The third kappa shape index (κ3) is 5.55. The lowest BCUT2D eigenvalue weighted by molar-refractivity contribution is -0.112. The Morgan fingerprint density at radius 1 is 1.32 bits per heavy atom. The minimum atomic E-state index is -0.530. The smallest absolute Gasteiger partial charge is 0.267 e. The first-order chi connectivity index (χ1) is 12.0. The van der Waals surface area contributed by atoms with Gasteiger partial charge in [0.1, 0.15) is 11.6 Å². The Bertz CT molecular complexity index is 840. The number of carbonyl (C=O) groups is 1. The maximum atomic E-state index is 12.2. The van der Waals surface area contributed by atoms with Gasteiger partial charge >= 0.3 is 0 Å². The molecule has 0 saturated carbocycles. The first-order valence-corrected chi connectivity index (χ1v) is 8.13. The summed E-state index contributed by atoms with van der Waals surface area (Å²) in [5, 5.41) is 15.1. The summed E-state index contributed by atoms with van der Waals surface area (Å²) in [7, 11) is 0. The Balaban J connectivity index is 1.92. The summed E-state index contributed by atoms with van der Waals surface area (Å²) in [5.41, 5.74) is 8.87. The quantitative estimate of drug-likeness (QED) is 0.321. The third-order valence-corrected chi connectivity index (χ3v) is 3.81. The van der Waals surface area contributed by atoms with Gasteiger partial charge in [0.05, 0.1) is 10.7 Å². The molecule has 0 aliphatic carbocycles. The van der Waals surface area contributed by atoms with E-state index in [0.717, 1.165) is 6.42 Å². The van der Waals surface area contributed by atoms with E-state index in [1.54, 1.807) is 12.1 Å². The van der Waals surface area contributed by atoms with Crippen molar-refractivity contribution in [2.75, 3.05) is 17.6 Å². The van der Waals surface area contributed by atoms with Crippen molar-refractivity contribution in [2.45, 2.75) is 13.3 Å². The number of anilines is 2. The topological polar surface area (TPSA) is 90.9 Å². The number of aryl methyl sites for hydroxylation is 1. The van der Waals surface area contributed by atoms with Crippen LogP contribution in [0.1, 0.15) is 11.1 Å². The highest BCUT2D eigenvalue weighted by atomic mass is 35.5. The second kappa shape index (κ2) is 8.76. The number of rotatable bonds is 6. The number of nitrogens with zero attached hydrogens (tertiary/aromatic N) is 1. The monoisotopic (exact) mass is 354 g/mol. The van der Waals surface area contributed by atoms with E-state index >= 15 is 0 Å². The highest BCUT2D eigenvalue weighted by Crippen LogP contribution is 2.24. The van der Waals surface area contributed by atoms with Gasteiger partial charge in [-0.05, 0) is 37.1 Å². The number of nitrogens with two attached hydrogens (primary N) is 1. The van der Waals surface area contributed by atoms with E-state index in [0.29, 0.717) is 22.9 Å². The van der Waals surface area contributed by atoms with Crippen LogP contribution in [-0.4, -0.2) is 12.5 Å². The average Bonchev–Trinajstić information content (AvgIpc) is 2.57. The normalized spacial score (nSPS) is 10.8. The van der Waals surface area contributed by atoms with E-state index in [4.69, 9.17) is 22.6 Å². The summed E-state index contributed by atoms with van der Waals surface area (Å²) in [4.78, 5) is 12.2. The van der Waals surface area contributed by atoms with Gasteiger partial charge in [0.15, 0.2) is 0 Å². The van der Waals surface area contributed by atoms with Crippen molar-refractivity contribution in [1.82, 2.24) is 5.32 Å². The van der Waals surface area contributed by atoms with Gasteiger partial charge in [-0.15, -0.1) is 0 Å². The molecule has 0 aliphatic rings. The lowest BCUT2D eigenvalue weighted by Gasteiger charge is -2.08. The molecule has 2 aromatic rings. The van der Waals surface area contributed by atoms with Gasteiger partial charge in [0.2, 0.25) is 0 Å². The fraction of sp³-hybridized carbons (Fsp3) is 0.158. The fourth-order valence-electron chi connectivity index (χ4n) is 2.23. The van der Waals surface area contributed by atoms with Crippen molar-refractivity contribution in [3.8, 4) is 6.07 Å². The highest BCUT2D eigenvalue weighted by molar-refractivity contribution is 6.34. The molecule has 0 aromatic heterocycles. The van der Waals surface area contributed by atoms with Gasteiger partial charge in [0, 0.05) is 18.4 Å².